The quantitative estimate of drug-likeness (QED) is 0.526. The lowest BCUT2D eigenvalue weighted by Crippen LogP contribution is -2.36. The molecular weight excluding hydrogens is 446 g/mol. The Bertz CT molecular complexity index is 1190. The smallest absolute Gasteiger partial charge is 0.252 e. The molecule has 3 aromatic rings. The predicted molar refractivity (Wildman–Crippen MR) is 123 cm³/mol. The molecule has 10 heteroatoms. The van der Waals surface area contributed by atoms with Crippen LogP contribution in [-0.2, 0) is 9.47 Å². The molecule has 33 heavy (non-hydrogen) atoms. The van der Waals surface area contributed by atoms with Gasteiger partial charge in [-0.3, -0.25) is 9.48 Å². The number of nitrogens with two attached hydrogens (primary N) is 1. The van der Waals surface area contributed by atoms with Crippen molar-refractivity contribution in [2.45, 2.75) is 31.1 Å². The van der Waals surface area contributed by atoms with Crippen molar-refractivity contribution >= 4 is 28.9 Å². The number of ether oxygens (including phenoxy) is 3. The molecule has 1 saturated carbocycles. The van der Waals surface area contributed by atoms with Gasteiger partial charge in [-0.2, -0.15) is 5.10 Å². The highest BCUT2D eigenvalue weighted by atomic mass is 35.5. The van der Waals surface area contributed by atoms with E-state index in [1.165, 1.54) is 6.20 Å². The number of carbonyl (C=O) groups excluding carboxylic acids is 1. The van der Waals surface area contributed by atoms with Gasteiger partial charge in [-0.15, -0.1) is 0 Å². The minimum absolute atomic E-state index is 0.0261. The topological polar surface area (TPSA) is 114 Å². The highest BCUT2D eigenvalue weighted by Crippen LogP contribution is 2.46. The lowest BCUT2D eigenvalue weighted by atomic mass is 10.1. The van der Waals surface area contributed by atoms with Crippen LogP contribution in [0.3, 0.4) is 0 Å². The zero-order chi connectivity index (χ0) is 23.0. The number of aromatic nitrogens is 3. The number of hydrogen-bond donors (Lipinski definition) is 2. The van der Waals surface area contributed by atoms with Crippen LogP contribution in [-0.4, -0.2) is 46.8 Å². The van der Waals surface area contributed by atoms with Crippen LogP contribution in [0.2, 0.25) is 5.15 Å². The van der Waals surface area contributed by atoms with Crippen LogP contribution in [0.1, 0.15) is 35.7 Å². The van der Waals surface area contributed by atoms with Gasteiger partial charge in [-0.1, -0.05) is 23.7 Å². The van der Waals surface area contributed by atoms with Gasteiger partial charge in [0.1, 0.15) is 16.9 Å². The van der Waals surface area contributed by atoms with Crippen molar-refractivity contribution < 1.29 is 19.0 Å². The van der Waals surface area contributed by atoms with Crippen molar-refractivity contribution in [3.63, 3.8) is 0 Å². The minimum Gasteiger partial charge on any atom is -0.494 e. The molecule has 1 saturated heterocycles. The molecule has 3 N–H and O–H groups in total. The summed E-state index contributed by atoms with van der Waals surface area (Å²) in [6, 6.07) is 7.26. The van der Waals surface area contributed by atoms with Gasteiger partial charge in [0.25, 0.3) is 5.91 Å². The number of halogens is 1. The summed E-state index contributed by atoms with van der Waals surface area (Å²) in [5.74, 6) is -0.599. The second kappa shape index (κ2) is 8.66. The van der Waals surface area contributed by atoms with Gasteiger partial charge in [0.15, 0.2) is 5.79 Å². The van der Waals surface area contributed by atoms with E-state index >= 15 is 0 Å². The minimum atomic E-state index is -0.611. The molecular formula is C23H24ClN5O4. The van der Waals surface area contributed by atoms with E-state index in [4.69, 9.17) is 31.5 Å². The highest BCUT2D eigenvalue weighted by molar-refractivity contribution is 6.29. The Labute approximate surface area is 195 Å². The van der Waals surface area contributed by atoms with Gasteiger partial charge in [0.05, 0.1) is 43.5 Å². The van der Waals surface area contributed by atoms with Gasteiger partial charge in [0, 0.05) is 29.9 Å². The van der Waals surface area contributed by atoms with Crippen LogP contribution < -0.4 is 15.8 Å². The number of pyridine rings is 1. The SMILES string of the molecule is COc1c(Nc2cc(Cl)ncc2C(N)=O)cccc1-c1cnn(C2CCCC23OCCO3)c1. The van der Waals surface area contributed by atoms with E-state index < -0.39 is 11.7 Å². The number of nitrogens with one attached hydrogen (secondary N) is 1. The standard InChI is InChI=1S/C23H24ClN5O4/c1-31-21-15(4-2-5-17(21)28-18-10-20(24)26-12-16(18)22(25)30)14-11-27-29(13-14)19-6-3-7-23(19)32-8-9-33-23/h2,4-5,10-13,19H,3,6-9H2,1H3,(H2,25,30)(H,26,28). The fourth-order valence-electron chi connectivity index (χ4n) is 4.67. The fraction of sp³-hybridized carbons (Fsp3) is 0.348. The first-order chi connectivity index (χ1) is 16.0. The summed E-state index contributed by atoms with van der Waals surface area (Å²) in [6.45, 7) is 1.22. The van der Waals surface area contributed by atoms with Crippen LogP contribution in [0.15, 0.2) is 42.9 Å². The zero-order valence-corrected chi connectivity index (χ0v) is 18.8. The van der Waals surface area contributed by atoms with E-state index in [-0.39, 0.29) is 16.8 Å². The number of nitrogens with zero attached hydrogens (tertiary/aromatic N) is 3. The summed E-state index contributed by atoms with van der Waals surface area (Å²) in [4.78, 5) is 15.8. The van der Waals surface area contributed by atoms with Gasteiger partial charge in [-0.25, -0.2) is 4.98 Å². The molecule has 0 radical (unpaired) electrons. The van der Waals surface area contributed by atoms with Crippen LogP contribution in [0, 0.1) is 0 Å². The fourth-order valence-corrected chi connectivity index (χ4v) is 4.83. The monoisotopic (exact) mass is 469 g/mol. The number of rotatable bonds is 6. The normalized spacial score (nSPS) is 19.2. The number of primary amides is 1. The van der Waals surface area contributed by atoms with Crippen LogP contribution in [0.5, 0.6) is 5.75 Å². The summed E-state index contributed by atoms with van der Waals surface area (Å²) >= 11 is 6.04. The first-order valence-corrected chi connectivity index (χ1v) is 11.1. The summed E-state index contributed by atoms with van der Waals surface area (Å²) < 4.78 is 19.6. The van der Waals surface area contributed by atoms with Gasteiger partial charge < -0.3 is 25.3 Å². The summed E-state index contributed by atoms with van der Waals surface area (Å²) in [6.07, 6.45) is 7.98. The van der Waals surface area contributed by atoms with E-state index in [9.17, 15) is 4.79 Å². The molecule has 1 unspecified atom stereocenters. The molecule has 9 nitrogen and oxygen atoms in total. The average Bonchev–Trinajstić information content (AvgIpc) is 3.55. The Kier molecular flexibility index (Phi) is 5.69. The lowest BCUT2D eigenvalue weighted by Gasteiger charge is -2.29. The van der Waals surface area contributed by atoms with Crippen LogP contribution in [0.25, 0.3) is 11.1 Å². The van der Waals surface area contributed by atoms with E-state index in [1.54, 1.807) is 19.4 Å². The molecule has 5 rings (SSSR count). The Morgan fingerprint density at radius 3 is 2.88 bits per heavy atom. The number of hydrogen-bond acceptors (Lipinski definition) is 7. The Morgan fingerprint density at radius 2 is 2.12 bits per heavy atom. The first-order valence-electron chi connectivity index (χ1n) is 10.7. The number of anilines is 2. The van der Waals surface area contributed by atoms with E-state index in [0.29, 0.717) is 30.3 Å². The Hall–Kier alpha value is -3.14. The highest BCUT2D eigenvalue weighted by Gasteiger charge is 2.49. The lowest BCUT2D eigenvalue weighted by molar-refractivity contribution is -0.177. The zero-order valence-electron chi connectivity index (χ0n) is 18.1. The molecule has 1 aliphatic heterocycles. The number of benzene rings is 1. The van der Waals surface area contributed by atoms with Crippen LogP contribution in [0.4, 0.5) is 11.4 Å². The molecule has 2 aromatic heterocycles. The molecule has 3 heterocycles. The Morgan fingerprint density at radius 1 is 1.30 bits per heavy atom. The van der Waals surface area contributed by atoms with Crippen molar-refractivity contribution in [3.05, 3.63) is 53.6 Å². The van der Waals surface area contributed by atoms with Crippen LogP contribution >= 0.6 is 11.6 Å². The maximum Gasteiger partial charge on any atom is 0.252 e. The molecule has 1 atom stereocenters. The number of para-hydroxylation sites is 1. The third kappa shape index (κ3) is 3.92. The molecule has 1 aromatic carbocycles. The van der Waals surface area contributed by atoms with Gasteiger partial charge >= 0.3 is 0 Å². The predicted octanol–water partition coefficient (Wildman–Crippen LogP) is 3.92. The molecule has 2 aliphatic rings. The molecule has 172 valence electrons. The third-order valence-corrected chi connectivity index (χ3v) is 6.35. The summed E-state index contributed by atoms with van der Waals surface area (Å²) in [5, 5.41) is 8.07. The molecule has 0 bridgehead atoms. The molecule has 1 spiro atoms. The second-order valence-corrected chi connectivity index (χ2v) is 8.44. The maximum atomic E-state index is 11.8. The summed E-state index contributed by atoms with van der Waals surface area (Å²) in [7, 11) is 1.59. The summed E-state index contributed by atoms with van der Waals surface area (Å²) in [5.41, 5.74) is 8.54. The largest absolute Gasteiger partial charge is 0.494 e. The van der Waals surface area contributed by atoms with Gasteiger partial charge in [0.2, 0.25) is 0 Å². The number of methoxy groups -OCH3 is 1. The van der Waals surface area contributed by atoms with Crippen molar-refractivity contribution in [2.75, 3.05) is 25.6 Å². The molecule has 1 aliphatic carbocycles. The van der Waals surface area contributed by atoms with E-state index in [0.717, 1.165) is 30.4 Å². The second-order valence-electron chi connectivity index (χ2n) is 8.05. The molecule has 1 amide bonds. The van der Waals surface area contributed by atoms with Gasteiger partial charge in [-0.05, 0) is 25.0 Å². The van der Waals surface area contributed by atoms with E-state index in [1.807, 2.05) is 29.1 Å². The Balaban J connectivity index is 1.49. The van der Waals surface area contributed by atoms with Crippen molar-refractivity contribution in [2.24, 2.45) is 5.73 Å². The number of carbonyl (C=O) groups is 1. The first kappa shape index (κ1) is 21.7. The average molecular weight is 470 g/mol. The van der Waals surface area contributed by atoms with Crippen molar-refractivity contribution in [1.29, 1.82) is 0 Å². The van der Waals surface area contributed by atoms with Crippen molar-refractivity contribution in [1.82, 2.24) is 14.8 Å². The number of amides is 1. The maximum absolute atomic E-state index is 11.8. The third-order valence-electron chi connectivity index (χ3n) is 6.14. The van der Waals surface area contributed by atoms with Crippen molar-refractivity contribution in [3.8, 4) is 16.9 Å². The molecule has 2 fully saturated rings. The van der Waals surface area contributed by atoms with E-state index in [2.05, 4.69) is 15.4 Å².